The summed E-state index contributed by atoms with van der Waals surface area (Å²) in [6.07, 6.45) is 4.34. The fraction of sp³-hybridized carbons (Fsp3) is 0.105. The summed E-state index contributed by atoms with van der Waals surface area (Å²) in [7, 11) is -1.93. The van der Waals surface area contributed by atoms with E-state index in [1.54, 1.807) is 42.3 Å². The van der Waals surface area contributed by atoms with Gasteiger partial charge in [-0.05, 0) is 24.3 Å². The molecule has 0 aliphatic carbocycles. The van der Waals surface area contributed by atoms with Crippen molar-refractivity contribution >= 4 is 38.3 Å². The number of fused-ring (bicyclic) bond motifs is 1. The predicted molar refractivity (Wildman–Crippen MR) is 113 cm³/mol. The van der Waals surface area contributed by atoms with Gasteiger partial charge in [0.15, 0.2) is 11.5 Å². The normalized spacial score (nSPS) is 11.4. The van der Waals surface area contributed by atoms with Gasteiger partial charge < -0.3 is 0 Å². The number of aryl methyl sites for hydroxylation is 1. The third kappa shape index (κ3) is 3.80. The van der Waals surface area contributed by atoms with Gasteiger partial charge in [0, 0.05) is 30.4 Å². The number of hydrogen-bond acceptors (Lipinski definition) is 7. The predicted octanol–water partition coefficient (Wildman–Crippen LogP) is 2.99. The fourth-order valence-electron chi connectivity index (χ4n) is 2.97. The van der Waals surface area contributed by atoms with E-state index in [1.165, 1.54) is 0 Å². The van der Waals surface area contributed by atoms with Gasteiger partial charge in [0.1, 0.15) is 23.2 Å². The summed E-state index contributed by atoms with van der Waals surface area (Å²) in [6, 6.07) is 10.8. The van der Waals surface area contributed by atoms with E-state index < -0.39 is 10.0 Å². The van der Waals surface area contributed by atoms with Crippen LogP contribution in [-0.2, 0) is 17.1 Å². The molecule has 3 heterocycles. The van der Waals surface area contributed by atoms with Crippen LogP contribution in [0.2, 0.25) is 5.02 Å². The zero-order valence-electron chi connectivity index (χ0n) is 15.8. The lowest BCUT2D eigenvalue weighted by Gasteiger charge is -2.12. The van der Waals surface area contributed by atoms with Crippen LogP contribution in [0.3, 0.4) is 0 Å². The second-order valence-electron chi connectivity index (χ2n) is 6.51. The van der Waals surface area contributed by atoms with Crippen LogP contribution in [0.25, 0.3) is 33.5 Å². The first kappa shape index (κ1) is 19.8. The molecule has 0 saturated carbocycles. The van der Waals surface area contributed by atoms with Crippen LogP contribution in [0, 0.1) is 11.3 Å². The molecule has 0 unspecified atom stereocenters. The van der Waals surface area contributed by atoms with Gasteiger partial charge in [0.2, 0.25) is 10.0 Å². The van der Waals surface area contributed by atoms with Crippen LogP contribution in [0.15, 0.2) is 42.7 Å². The van der Waals surface area contributed by atoms with Crippen molar-refractivity contribution in [3.8, 4) is 28.7 Å². The van der Waals surface area contributed by atoms with Crippen molar-refractivity contribution in [1.82, 2.24) is 24.7 Å². The van der Waals surface area contributed by atoms with E-state index in [-0.39, 0.29) is 11.5 Å². The molecule has 0 atom stereocenters. The van der Waals surface area contributed by atoms with Crippen molar-refractivity contribution in [3.05, 3.63) is 53.4 Å². The van der Waals surface area contributed by atoms with Crippen molar-refractivity contribution in [2.24, 2.45) is 7.05 Å². The van der Waals surface area contributed by atoms with Gasteiger partial charge in [-0.15, -0.1) is 0 Å². The first-order chi connectivity index (χ1) is 14.2. The number of rotatable bonds is 4. The molecule has 150 valence electrons. The fourth-order valence-corrected chi connectivity index (χ4v) is 3.73. The zero-order chi connectivity index (χ0) is 21.5. The van der Waals surface area contributed by atoms with E-state index in [0.717, 1.165) is 11.6 Å². The van der Waals surface area contributed by atoms with E-state index in [9.17, 15) is 13.7 Å². The number of nitrogens with one attached hydrogen (secondary N) is 1. The molecule has 9 nitrogen and oxygen atoms in total. The lowest BCUT2D eigenvalue weighted by molar-refractivity contribution is 0.606. The summed E-state index contributed by atoms with van der Waals surface area (Å²) in [6.45, 7) is 0. The number of hydrogen-bond donors (Lipinski definition) is 1. The van der Waals surface area contributed by atoms with Gasteiger partial charge in [0.25, 0.3) is 0 Å². The Kier molecular flexibility index (Phi) is 4.85. The number of anilines is 1. The van der Waals surface area contributed by atoms with E-state index >= 15 is 0 Å². The second kappa shape index (κ2) is 7.37. The minimum atomic E-state index is -3.68. The smallest absolute Gasteiger partial charge is 0.231 e. The summed E-state index contributed by atoms with van der Waals surface area (Å²) in [5.41, 5.74) is 2.17. The number of nitrogens with zero attached hydrogens (tertiary/aromatic N) is 6. The lowest BCUT2D eigenvalue weighted by Crippen LogP contribution is -2.14. The monoisotopic (exact) mass is 439 g/mol. The minimum Gasteiger partial charge on any atom is -0.275 e. The number of pyridine rings is 1. The Hall–Kier alpha value is -3.55. The zero-order valence-corrected chi connectivity index (χ0v) is 17.4. The summed E-state index contributed by atoms with van der Waals surface area (Å²) in [4.78, 5) is 13.1. The maximum atomic E-state index is 11.7. The van der Waals surface area contributed by atoms with Gasteiger partial charge in [-0.25, -0.2) is 18.4 Å². The molecule has 0 aliphatic heterocycles. The van der Waals surface area contributed by atoms with Crippen LogP contribution < -0.4 is 4.72 Å². The van der Waals surface area contributed by atoms with E-state index in [1.807, 2.05) is 18.2 Å². The molecule has 4 aromatic rings. The topological polar surface area (TPSA) is 126 Å². The number of benzene rings is 1. The molecule has 3 aromatic heterocycles. The van der Waals surface area contributed by atoms with Gasteiger partial charge in [-0.3, -0.25) is 14.4 Å². The SMILES string of the molecule is Cn1ccc(-c2nc(NS(C)(=O)=O)c(C#N)nc2-c2cc(Cl)c3ncccc3c2)n1. The molecular formula is C19H14ClN7O2S. The number of nitriles is 1. The third-order valence-corrected chi connectivity index (χ3v) is 5.02. The summed E-state index contributed by atoms with van der Waals surface area (Å²) in [5, 5.41) is 15.1. The van der Waals surface area contributed by atoms with Gasteiger partial charge >= 0.3 is 0 Å². The van der Waals surface area contributed by atoms with Crippen LogP contribution in [0.4, 0.5) is 5.82 Å². The van der Waals surface area contributed by atoms with Gasteiger partial charge in [0.05, 0.1) is 16.8 Å². The van der Waals surface area contributed by atoms with Crippen molar-refractivity contribution in [1.29, 1.82) is 5.26 Å². The molecule has 0 radical (unpaired) electrons. The molecule has 1 N–H and O–H groups in total. The number of aromatic nitrogens is 5. The maximum Gasteiger partial charge on any atom is 0.231 e. The molecule has 1 aromatic carbocycles. The highest BCUT2D eigenvalue weighted by atomic mass is 35.5. The Balaban J connectivity index is 2.02. The van der Waals surface area contributed by atoms with Crippen molar-refractivity contribution in [2.75, 3.05) is 11.0 Å². The molecule has 0 fully saturated rings. The highest BCUT2D eigenvalue weighted by Gasteiger charge is 2.21. The summed E-state index contributed by atoms with van der Waals surface area (Å²) < 4.78 is 27.3. The molecule has 0 saturated heterocycles. The molecule has 0 spiro atoms. The number of halogens is 1. The average Bonchev–Trinajstić information content (AvgIpc) is 3.12. The van der Waals surface area contributed by atoms with Crippen LogP contribution in [0.5, 0.6) is 0 Å². The largest absolute Gasteiger partial charge is 0.275 e. The van der Waals surface area contributed by atoms with Crippen molar-refractivity contribution < 1.29 is 8.42 Å². The van der Waals surface area contributed by atoms with Gasteiger partial charge in [-0.1, -0.05) is 17.7 Å². The Bertz CT molecular complexity index is 1440. The van der Waals surface area contributed by atoms with Crippen molar-refractivity contribution in [2.45, 2.75) is 0 Å². The Labute approximate surface area is 177 Å². The summed E-state index contributed by atoms with van der Waals surface area (Å²) in [5.74, 6) is -0.169. The minimum absolute atomic E-state index is 0.169. The van der Waals surface area contributed by atoms with E-state index in [4.69, 9.17) is 11.6 Å². The highest BCUT2D eigenvalue weighted by Crippen LogP contribution is 2.34. The maximum absolute atomic E-state index is 11.7. The van der Waals surface area contributed by atoms with Crippen molar-refractivity contribution in [3.63, 3.8) is 0 Å². The van der Waals surface area contributed by atoms with Crippen LogP contribution >= 0.6 is 11.6 Å². The third-order valence-electron chi connectivity index (χ3n) is 4.17. The van der Waals surface area contributed by atoms with E-state index in [0.29, 0.717) is 33.2 Å². The molecule has 0 aliphatic rings. The molecule has 0 bridgehead atoms. The molecule has 0 amide bonds. The Morgan fingerprint density at radius 1 is 1.20 bits per heavy atom. The molecule has 4 rings (SSSR count). The highest BCUT2D eigenvalue weighted by molar-refractivity contribution is 7.92. The van der Waals surface area contributed by atoms with Crippen LogP contribution in [-0.4, -0.2) is 39.4 Å². The first-order valence-corrected chi connectivity index (χ1v) is 10.9. The number of sulfonamides is 1. The summed E-state index contributed by atoms with van der Waals surface area (Å²) >= 11 is 6.42. The molecular weight excluding hydrogens is 426 g/mol. The van der Waals surface area contributed by atoms with E-state index in [2.05, 4.69) is 24.8 Å². The first-order valence-electron chi connectivity index (χ1n) is 8.60. The average molecular weight is 440 g/mol. The Morgan fingerprint density at radius 2 is 2.00 bits per heavy atom. The Morgan fingerprint density at radius 3 is 2.67 bits per heavy atom. The quantitative estimate of drug-likeness (QED) is 0.517. The lowest BCUT2D eigenvalue weighted by atomic mass is 10.0. The second-order valence-corrected chi connectivity index (χ2v) is 8.67. The van der Waals surface area contributed by atoms with Crippen LogP contribution in [0.1, 0.15) is 5.69 Å². The standard InChI is InChI=1S/C19H14ClN7O2S/c1-27-7-5-14(25-27)18-17(23-15(10-21)19(24-18)26-30(2,28)29)12-8-11-4-3-6-22-16(11)13(20)9-12/h3-9H,1-2H3,(H,24,26). The molecule has 11 heteroatoms. The van der Waals surface area contributed by atoms with Gasteiger partial charge in [-0.2, -0.15) is 10.4 Å². The molecule has 30 heavy (non-hydrogen) atoms.